The fourth-order valence-corrected chi connectivity index (χ4v) is 4.18. The number of guanidine groups is 1. The second-order valence-electron chi connectivity index (χ2n) is 7.59. The van der Waals surface area contributed by atoms with Gasteiger partial charge in [0.1, 0.15) is 5.75 Å². The highest BCUT2D eigenvalue weighted by atomic mass is 127. The van der Waals surface area contributed by atoms with E-state index >= 15 is 0 Å². The molecule has 0 bridgehead atoms. The number of rotatable bonds is 8. The van der Waals surface area contributed by atoms with Crippen molar-refractivity contribution >= 4 is 47.6 Å². The Kier molecular flexibility index (Phi) is 11.8. The summed E-state index contributed by atoms with van der Waals surface area (Å²) in [5, 5.41) is 6.87. The third-order valence-corrected chi connectivity index (χ3v) is 6.15. The average Bonchev–Trinajstić information content (AvgIpc) is 3.17. The van der Waals surface area contributed by atoms with Crippen molar-refractivity contribution in [2.24, 2.45) is 16.8 Å². The highest BCUT2D eigenvalue weighted by Gasteiger charge is 2.27. The van der Waals surface area contributed by atoms with Crippen LogP contribution in [0, 0.1) is 11.8 Å². The molecular weight excluding hydrogens is 499 g/mol. The zero-order valence-corrected chi connectivity index (χ0v) is 21.3. The Labute approximate surface area is 196 Å². The fraction of sp³-hybridized carbons (Fsp3) is 0.619. The molecule has 1 aliphatic heterocycles. The normalized spacial score (nSPS) is 17.7. The Balaban J connectivity index is 0.00000420. The highest BCUT2D eigenvalue weighted by Crippen LogP contribution is 2.29. The average molecular weight is 535 g/mol. The van der Waals surface area contributed by atoms with Crippen molar-refractivity contribution in [3.63, 3.8) is 0 Å². The van der Waals surface area contributed by atoms with Gasteiger partial charge in [-0.2, -0.15) is 0 Å². The molecule has 1 aromatic carbocycles. The number of para-hydroxylation sites is 1. The van der Waals surface area contributed by atoms with E-state index in [1.165, 1.54) is 4.90 Å². The Morgan fingerprint density at radius 1 is 1.34 bits per heavy atom. The Hall–Kier alpha value is -1.16. The number of methoxy groups -OCH3 is 1. The van der Waals surface area contributed by atoms with Crippen LogP contribution in [0.3, 0.4) is 0 Å². The third kappa shape index (κ3) is 8.24. The Morgan fingerprint density at radius 3 is 2.72 bits per heavy atom. The first kappa shape index (κ1) is 25.9. The van der Waals surface area contributed by atoms with Gasteiger partial charge in [-0.25, -0.2) is 0 Å². The van der Waals surface area contributed by atoms with Crippen LogP contribution in [0.2, 0.25) is 0 Å². The van der Waals surface area contributed by atoms with E-state index in [4.69, 9.17) is 4.74 Å². The van der Waals surface area contributed by atoms with Crippen LogP contribution in [0.15, 0.2) is 34.2 Å². The summed E-state index contributed by atoms with van der Waals surface area (Å²) in [6.45, 7) is 8.53. The molecule has 1 aliphatic rings. The van der Waals surface area contributed by atoms with Crippen molar-refractivity contribution < 1.29 is 9.53 Å². The maximum absolute atomic E-state index is 12.1. The minimum absolute atomic E-state index is 0. The van der Waals surface area contributed by atoms with Crippen molar-refractivity contribution in [2.75, 3.05) is 39.5 Å². The zero-order valence-electron chi connectivity index (χ0n) is 18.1. The first-order chi connectivity index (χ1) is 13.4. The lowest BCUT2D eigenvalue weighted by Gasteiger charge is -2.21. The number of hydrogen-bond acceptors (Lipinski definition) is 4. The monoisotopic (exact) mass is 534 g/mol. The number of aliphatic imine (C=N–C) groups is 1. The maximum atomic E-state index is 12.1. The lowest BCUT2D eigenvalue weighted by atomic mass is 10.2. The van der Waals surface area contributed by atoms with Crippen LogP contribution >= 0.6 is 35.7 Å². The van der Waals surface area contributed by atoms with Gasteiger partial charge in [0.05, 0.1) is 7.11 Å². The van der Waals surface area contributed by atoms with E-state index in [2.05, 4.69) is 28.6 Å². The van der Waals surface area contributed by atoms with Crippen molar-refractivity contribution in [3.05, 3.63) is 24.3 Å². The summed E-state index contributed by atoms with van der Waals surface area (Å²) >= 11 is 1.81. The van der Waals surface area contributed by atoms with Gasteiger partial charge >= 0.3 is 0 Å². The second kappa shape index (κ2) is 13.2. The summed E-state index contributed by atoms with van der Waals surface area (Å²) in [5.41, 5.74) is 0. The minimum Gasteiger partial charge on any atom is -0.496 e. The first-order valence-corrected chi connectivity index (χ1v) is 10.9. The van der Waals surface area contributed by atoms with Gasteiger partial charge in [0.2, 0.25) is 5.91 Å². The molecule has 164 valence electrons. The molecule has 0 radical (unpaired) electrons. The number of benzene rings is 1. The van der Waals surface area contributed by atoms with Gasteiger partial charge in [-0.3, -0.25) is 9.79 Å². The van der Waals surface area contributed by atoms with E-state index in [-0.39, 0.29) is 41.8 Å². The van der Waals surface area contributed by atoms with E-state index in [0.29, 0.717) is 5.92 Å². The zero-order chi connectivity index (χ0) is 20.5. The Bertz CT molecular complexity index is 672. The molecule has 0 aliphatic carbocycles. The van der Waals surface area contributed by atoms with Crippen LogP contribution in [0.5, 0.6) is 5.75 Å². The summed E-state index contributed by atoms with van der Waals surface area (Å²) in [5.74, 6) is 3.47. The van der Waals surface area contributed by atoms with E-state index in [0.717, 1.165) is 43.5 Å². The SMILES string of the molecule is CN=C(NCC(C)CSc1ccccc1OC)NC1CCN(C(=O)C(C)C)C1.I. The summed E-state index contributed by atoms with van der Waals surface area (Å²) in [4.78, 5) is 19.6. The lowest BCUT2D eigenvalue weighted by Crippen LogP contribution is -2.46. The third-order valence-electron chi connectivity index (χ3n) is 4.77. The maximum Gasteiger partial charge on any atom is 0.225 e. The van der Waals surface area contributed by atoms with Gasteiger partial charge in [-0.1, -0.05) is 32.9 Å². The van der Waals surface area contributed by atoms with Crippen molar-refractivity contribution in [3.8, 4) is 5.75 Å². The highest BCUT2D eigenvalue weighted by molar-refractivity contribution is 14.0. The summed E-state index contributed by atoms with van der Waals surface area (Å²) in [6.07, 6.45) is 0.957. The molecule has 0 saturated carbocycles. The predicted octanol–water partition coefficient (Wildman–Crippen LogP) is 3.46. The van der Waals surface area contributed by atoms with Crippen molar-refractivity contribution in [1.82, 2.24) is 15.5 Å². The topological polar surface area (TPSA) is 66.0 Å². The largest absolute Gasteiger partial charge is 0.496 e. The van der Waals surface area contributed by atoms with Crippen LogP contribution in [0.25, 0.3) is 0 Å². The number of hydrogen-bond donors (Lipinski definition) is 2. The summed E-state index contributed by atoms with van der Waals surface area (Å²) in [6, 6.07) is 8.37. The molecule has 1 heterocycles. The number of ether oxygens (including phenoxy) is 1. The smallest absolute Gasteiger partial charge is 0.225 e. The number of halogens is 1. The number of thioether (sulfide) groups is 1. The molecule has 6 nitrogen and oxygen atoms in total. The van der Waals surface area contributed by atoms with Crippen LogP contribution in [-0.4, -0.2) is 62.4 Å². The molecule has 0 spiro atoms. The van der Waals surface area contributed by atoms with Crippen LogP contribution < -0.4 is 15.4 Å². The van der Waals surface area contributed by atoms with Crippen LogP contribution in [-0.2, 0) is 4.79 Å². The molecule has 8 heteroatoms. The molecule has 2 unspecified atom stereocenters. The minimum atomic E-state index is 0. The molecule has 2 rings (SSSR count). The Morgan fingerprint density at radius 2 is 2.07 bits per heavy atom. The lowest BCUT2D eigenvalue weighted by molar-refractivity contribution is -0.133. The molecule has 1 aromatic rings. The molecule has 0 aromatic heterocycles. The van der Waals surface area contributed by atoms with Gasteiger partial charge < -0.3 is 20.3 Å². The van der Waals surface area contributed by atoms with E-state index in [9.17, 15) is 4.79 Å². The number of nitrogens with one attached hydrogen (secondary N) is 2. The molecule has 2 N–H and O–H groups in total. The number of amides is 1. The van der Waals surface area contributed by atoms with Crippen molar-refractivity contribution in [1.29, 1.82) is 0 Å². The second-order valence-corrected chi connectivity index (χ2v) is 8.65. The van der Waals surface area contributed by atoms with Crippen LogP contribution in [0.4, 0.5) is 0 Å². The first-order valence-electron chi connectivity index (χ1n) is 9.96. The van der Waals surface area contributed by atoms with Crippen LogP contribution in [0.1, 0.15) is 27.2 Å². The van der Waals surface area contributed by atoms with Gasteiger partial charge in [0, 0.05) is 49.3 Å². The number of likely N-dealkylation sites (tertiary alicyclic amines) is 1. The molecule has 1 fully saturated rings. The van der Waals surface area contributed by atoms with E-state index < -0.39 is 0 Å². The summed E-state index contributed by atoms with van der Waals surface area (Å²) < 4.78 is 5.41. The fourth-order valence-electron chi connectivity index (χ4n) is 3.13. The standard InChI is InChI=1S/C21H34N4O2S.HI/c1-15(2)20(26)25-11-10-17(13-25)24-21(22-4)23-12-16(3)14-28-19-9-7-6-8-18(19)27-5;/h6-9,15-17H,10-14H2,1-5H3,(H2,22,23,24);1H. The molecular formula is C21H35IN4O2S. The number of nitrogens with zero attached hydrogens (tertiary/aromatic N) is 2. The number of carbonyl (C=O) groups is 1. The van der Waals surface area contributed by atoms with E-state index in [1.54, 1.807) is 14.2 Å². The predicted molar refractivity (Wildman–Crippen MR) is 133 cm³/mol. The van der Waals surface area contributed by atoms with Gasteiger partial charge in [-0.05, 0) is 24.5 Å². The van der Waals surface area contributed by atoms with E-state index in [1.807, 2.05) is 48.7 Å². The summed E-state index contributed by atoms with van der Waals surface area (Å²) in [7, 11) is 3.49. The molecule has 2 atom stereocenters. The van der Waals surface area contributed by atoms with Gasteiger partial charge in [0.15, 0.2) is 5.96 Å². The number of carbonyl (C=O) groups excluding carboxylic acids is 1. The molecule has 29 heavy (non-hydrogen) atoms. The molecule has 1 amide bonds. The molecule has 1 saturated heterocycles. The van der Waals surface area contributed by atoms with Gasteiger partial charge in [0.25, 0.3) is 0 Å². The van der Waals surface area contributed by atoms with Gasteiger partial charge in [-0.15, -0.1) is 35.7 Å². The van der Waals surface area contributed by atoms with Crippen molar-refractivity contribution in [2.45, 2.75) is 38.1 Å². The quantitative estimate of drug-likeness (QED) is 0.232.